The number of benzene rings is 1. The van der Waals surface area contributed by atoms with E-state index in [1.165, 1.54) is 0 Å². The summed E-state index contributed by atoms with van der Waals surface area (Å²) < 4.78 is 0. The molecule has 86 valence electrons. The average Bonchev–Trinajstić information content (AvgIpc) is 2.36. The minimum absolute atomic E-state index is 0.198. The van der Waals surface area contributed by atoms with Crippen molar-refractivity contribution < 1.29 is 9.59 Å². The first-order chi connectivity index (χ1) is 8.24. The summed E-state index contributed by atoms with van der Waals surface area (Å²) in [7, 11) is 0. The Hall–Kier alpha value is -2.08. The van der Waals surface area contributed by atoms with Crippen molar-refractivity contribution >= 4 is 11.8 Å². The summed E-state index contributed by atoms with van der Waals surface area (Å²) in [6.07, 6.45) is 0.948. The van der Waals surface area contributed by atoms with Gasteiger partial charge in [-0.1, -0.05) is 36.3 Å². The van der Waals surface area contributed by atoms with Gasteiger partial charge in [0.05, 0.1) is 5.92 Å². The molecule has 17 heavy (non-hydrogen) atoms. The molecule has 0 radical (unpaired) electrons. The monoisotopic (exact) mass is 227 g/mol. The predicted octanol–water partition coefficient (Wildman–Crippen LogP) is 1.90. The number of hydrogen-bond acceptors (Lipinski definition) is 2. The standard InChI is InChI=1S/C14H13NO2/c1-2-10-15-13(16)9-8-12(14(15)17)11-6-4-3-5-7-11/h3-7,12H,8-9H2,1H3. The third kappa shape index (κ3) is 2.21. The van der Waals surface area contributed by atoms with Gasteiger partial charge in [-0.25, -0.2) is 4.90 Å². The van der Waals surface area contributed by atoms with E-state index in [-0.39, 0.29) is 17.7 Å². The summed E-state index contributed by atoms with van der Waals surface area (Å²) in [5.74, 6) is 1.96. The fourth-order valence-electron chi connectivity index (χ4n) is 2.01. The van der Waals surface area contributed by atoms with Crippen LogP contribution >= 0.6 is 0 Å². The minimum atomic E-state index is -0.241. The summed E-state index contributed by atoms with van der Waals surface area (Å²) in [4.78, 5) is 24.8. The van der Waals surface area contributed by atoms with Crippen LogP contribution in [0, 0.1) is 12.0 Å². The second-order valence-electron chi connectivity index (χ2n) is 3.93. The predicted molar refractivity (Wildman–Crippen MR) is 63.7 cm³/mol. The van der Waals surface area contributed by atoms with Crippen LogP contribution in [0.2, 0.25) is 0 Å². The third-order valence-corrected chi connectivity index (χ3v) is 2.84. The van der Waals surface area contributed by atoms with E-state index in [0.29, 0.717) is 12.8 Å². The molecule has 1 heterocycles. The van der Waals surface area contributed by atoms with Crippen molar-refractivity contribution in [2.24, 2.45) is 0 Å². The highest BCUT2D eigenvalue weighted by atomic mass is 16.2. The average molecular weight is 227 g/mol. The van der Waals surface area contributed by atoms with E-state index >= 15 is 0 Å². The first-order valence-electron chi connectivity index (χ1n) is 5.58. The van der Waals surface area contributed by atoms with Gasteiger partial charge in [-0.2, -0.15) is 0 Å². The number of piperidine rings is 1. The van der Waals surface area contributed by atoms with Crippen LogP contribution in [0.25, 0.3) is 0 Å². The zero-order valence-electron chi connectivity index (χ0n) is 9.64. The van der Waals surface area contributed by atoms with Crippen LogP contribution in [-0.2, 0) is 9.59 Å². The van der Waals surface area contributed by atoms with Crippen LogP contribution < -0.4 is 0 Å². The Kier molecular flexibility index (Phi) is 3.24. The highest BCUT2D eigenvalue weighted by molar-refractivity contribution is 6.02. The van der Waals surface area contributed by atoms with Crippen molar-refractivity contribution in [2.45, 2.75) is 25.7 Å². The van der Waals surface area contributed by atoms with Gasteiger partial charge in [0.1, 0.15) is 0 Å². The Bertz CT molecular complexity index is 496. The van der Waals surface area contributed by atoms with Gasteiger partial charge in [0, 0.05) is 12.5 Å². The van der Waals surface area contributed by atoms with E-state index in [1.54, 1.807) is 6.92 Å². The van der Waals surface area contributed by atoms with E-state index < -0.39 is 0 Å². The largest absolute Gasteiger partial charge is 0.273 e. The Morgan fingerprint density at radius 1 is 1.24 bits per heavy atom. The van der Waals surface area contributed by atoms with Crippen molar-refractivity contribution in [1.82, 2.24) is 4.90 Å². The van der Waals surface area contributed by atoms with Crippen LogP contribution in [0.1, 0.15) is 31.2 Å². The second-order valence-corrected chi connectivity index (χ2v) is 3.93. The van der Waals surface area contributed by atoms with E-state index in [1.807, 2.05) is 30.3 Å². The maximum Gasteiger partial charge on any atom is 0.248 e. The molecule has 0 saturated carbocycles. The summed E-state index contributed by atoms with van der Waals surface area (Å²) in [5.41, 5.74) is 0.952. The second kappa shape index (κ2) is 4.84. The van der Waals surface area contributed by atoms with Gasteiger partial charge in [-0.15, -0.1) is 0 Å². The quantitative estimate of drug-likeness (QED) is 0.543. The van der Waals surface area contributed by atoms with Crippen LogP contribution in [0.3, 0.4) is 0 Å². The zero-order chi connectivity index (χ0) is 12.3. The summed E-state index contributed by atoms with van der Waals surface area (Å²) >= 11 is 0. The maximum atomic E-state index is 12.1. The van der Waals surface area contributed by atoms with Gasteiger partial charge in [-0.05, 0) is 18.9 Å². The number of nitrogens with zero attached hydrogens (tertiary/aromatic N) is 1. The summed E-state index contributed by atoms with van der Waals surface area (Å²) in [6.45, 7) is 1.62. The van der Waals surface area contributed by atoms with Crippen molar-refractivity contribution in [3.8, 4) is 12.0 Å². The number of carbonyl (C=O) groups excluding carboxylic acids is 2. The van der Waals surface area contributed by atoms with Crippen molar-refractivity contribution in [3.63, 3.8) is 0 Å². The first kappa shape index (κ1) is 11.4. The molecule has 3 heteroatoms. The molecule has 1 aliphatic rings. The highest BCUT2D eigenvalue weighted by Crippen LogP contribution is 2.28. The molecule has 1 atom stereocenters. The van der Waals surface area contributed by atoms with Crippen molar-refractivity contribution in [3.05, 3.63) is 35.9 Å². The maximum absolute atomic E-state index is 12.1. The lowest BCUT2D eigenvalue weighted by atomic mass is 9.90. The van der Waals surface area contributed by atoms with Gasteiger partial charge in [0.25, 0.3) is 0 Å². The SMILES string of the molecule is CC#CN1C(=O)CCC(c2ccccc2)C1=O. The number of amides is 2. The molecule has 1 fully saturated rings. The molecule has 0 N–H and O–H groups in total. The molecule has 2 rings (SSSR count). The van der Waals surface area contributed by atoms with Gasteiger partial charge in [0.15, 0.2) is 0 Å². The Morgan fingerprint density at radius 2 is 1.94 bits per heavy atom. The van der Waals surface area contributed by atoms with Crippen LogP contribution in [0.15, 0.2) is 30.3 Å². The number of imide groups is 1. The molecule has 0 aliphatic carbocycles. The van der Waals surface area contributed by atoms with Crippen molar-refractivity contribution in [2.75, 3.05) is 0 Å². The molecule has 1 aromatic carbocycles. The topological polar surface area (TPSA) is 37.4 Å². The molecule has 2 amide bonds. The van der Waals surface area contributed by atoms with Gasteiger partial charge in [0.2, 0.25) is 11.8 Å². The molecule has 1 unspecified atom stereocenters. The number of rotatable bonds is 1. The van der Waals surface area contributed by atoms with Crippen LogP contribution in [0.4, 0.5) is 0 Å². The lowest BCUT2D eigenvalue weighted by Gasteiger charge is -2.26. The minimum Gasteiger partial charge on any atom is -0.273 e. The molecule has 0 spiro atoms. The van der Waals surface area contributed by atoms with Crippen LogP contribution in [0.5, 0.6) is 0 Å². The van der Waals surface area contributed by atoms with Crippen LogP contribution in [-0.4, -0.2) is 16.7 Å². The fourth-order valence-corrected chi connectivity index (χ4v) is 2.01. The van der Waals surface area contributed by atoms with Crippen molar-refractivity contribution in [1.29, 1.82) is 0 Å². The number of hydrogen-bond donors (Lipinski definition) is 0. The molecule has 3 nitrogen and oxygen atoms in total. The molecule has 1 saturated heterocycles. The van der Waals surface area contributed by atoms with Gasteiger partial charge in [-0.3, -0.25) is 9.59 Å². The van der Waals surface area contributed by atoms with Gasteiger partial charge < -0.3 is 0 Å². The molecular weight excluding hydrogens is 214 g/mol. The Balaban J connectivity index is 2.29. The fraction of sp³-hybridized carbons (Fsp3) is 0.286. The lowest BCUT2D eigenvalue weighted by Crippen LogP contribution is -2.40. The third-order valence-electron chi connectivity index (χ3n) is 2.84. The highest BCUT2D eigenvalue weighted by Gasteiger charge is 2.34. The van der Waals surface area contributed by atoms with E-state index in [9.17, 15) is 9.59 Å². The van der Waals surface area contributed by atoms with E-state index in [0.717, 1.165) is 10.5 Å². The zero-order valence-corrected chi connectivity index (χ0v) is 9.64. The molecular formula is C14H13NO2. The van der Waals surface area contributed by atoms with E-state index in [4.69, 9.17) is 0 Å². The first-order valence-corrected chi connectivity index (χ1v) is 5.58. The summed E-state index contributed by atoms with van der Waals surface area (Å²) in [6, 6.07) is 12.1. The Morgan fingerprint density at radius 3 is 2.59 bits per heavy atom. The van der Waals surface area contributed by atoms with Gasteiger partial charge >= 0.3 is 0 Å². The molecule has 0 bridgehead atoms. The molecule has 1 aromatic rings. The van der Waals surface area contributed by atoms with E-state index in [2.05, 4.69) is 12.0 Å². The smallest absolute Gasteiger partial charge is 0.248 e. The molecule has 1 aliphatic heterocycles. The normalized spacial score (nSPS) is 19.8. The summed E-state index contributed by atoms with van der Waals surface area (Å²) in [5, 5.41) is 0. The number of carbonyl (C=O) groups is 2. The lowest BCUT2D eigenvalue weighted by molar-refractivity contribution is -0.144. The Labute approximate surface area is 100 Å². The molecule has 0 aromatic heterocycles. The number of likely N-dealkylation sites (tertiary alicyclic amines) is 1.